The van der Waals surface area contributed by atoms with E-state index in [4.69, 9.17) is 4.74 Å². The van der Waals surface area contributed by atoms with Gasteiger partial charge in [0.05, 0.1) is 19.8 Å². The van der Waals surface area contributed by atoms with Crippen molar-refractivity contribution in [2.75, 3.05) is 25.1 Å². The minimum Gasteiger partial charge on any atom is -0.465 e. The molecule has 0 heterocycles. The largest absolute Gasteiger partial charge is 0.465 e. The number of nitrogens with one attached hydrogen (secondary N) is 1. The van der Waals surface area contributed by atoms with Crippen molar-refractivity contribution in [3.8, 4) is 0 Å². The predicted octanol–water partition coefficient (Wildman–Crippen LogP) is 1.25. The van der Waals surface area contributed by atoms with Crippen LogP contribution in [0.2, 0.25) is 0 Å². The summed E-state index contributed by atoms with van der Waals surface area (Å²) in [5.74, 6) is -0.350. The molecular weight excluding hydrogens is 290 g/mol. The van der Waals surface area contributed by atoms with Crippen LogP contribution in [0.4, 0.5) is 0 Å². The molecule has 0 aromatic heterocycles. The van der Waals surface area contributed by atoms with E-state index in [1.807, 2.05) is 6.92 Å². The number of halogens is 1. The number of ether oxygens (including phenoxy) is 2. The highest BCUT2D eigenvalue weighted by Crippen LogP contribution is 2.17. The van der Waals surface area contributed by atoms with Crippen LogP contribution in [0.3, 0.4) is 0 Å². The maximum atomic E-state index is 10.7. The second-order valence-corrected chi connectivity index (χ2v) is 3.96. The van der Waals surface area contributed by atoms with Gasteiger partial charge in [-0.2, -0.15) is 0 Å². The van der Waals surface area contributed by atoms with Crippen LogP contribution >= 0.6 is 15.9 Å². The second-order valence-electron chi connectivity index (χ2n) is 3.40. The number of hydrogen-bond acceptors (Lipinski definition) is 5. The van der Waals surface area contributed by atoms with Crippen molar-refractivity contribution in [3.63, 3.8) is 0 Å². The van der Waals surface area contributed by atoms with Crippen LogP contribution in [-0.2, 0) is 19.1 Å². The summed E-state index contributed by atoms with van der Waals surface area (Å²) in [7, 11) is 0. The zero-order valence-corrected chi connectivity index (χ0v) is 11.9. The van der Waals surface area contributed by atoms with Gasteiger partial charge in [-0.25, -0.2) is 0 Å². The zero-order chi connectivity index (χ0) is 13.1. The Morgan fingerprint density at radius 2 is 1.71 bits per heavy atom. The van der Waals surface area contributed by atoms with Crippen LogP contribution in [0, 0.1) is 0 Å². The normalized spacial score (nSPS) is 13.4. The Labute approximate surface area is 110 Å². The van der Waals surface area contributed by atoms with Crippen LogP contribution in [0.15, 0.2) is 0 Å². The number of rotatable bonds is 6. The summed E-state index contributed by atoms with van der Waals surface area (Å²) in [6, 6.07) is 0.587. The fourth-order valence-electron chi connectivity index (χ4n) is 0.927. The van der Waals surface area contributed by atoms with Crippen LogP contribution < -0.4 is 5.32 Å². The van der Waals surface area contributed by atoms with Gasteiger partial charge >= 0.3 is 11.9 Å². The van der Waals surface area contributed by atoms with E-state index in [9.17, 15) is 9.59 Å². The smallest absolute Gasteiger partial charge is 0.319 e. The molecule has 5 nitrogen and oxygen atoms in total. The predicted molar refractivity (Wildman–Crippen MR) is 68.1 cm³/mol. The molecule has 0 amide bonds. The lowest BCUT2D eigenvalue weighted by atomic mass is 10.6. The molecule has 1 fully saturated rings. The fraction of sp³-hybridized carbons (Fsp3) is 0.818. The van der Waals surface area contributed by atoms with Gasteiger partial charge in [-0.05, 0) is 26.7 Å². The first-order valence-electron chi connectivity index (χ1n) is 5.74. The average Bonchev–Trinajstić information content (AvgIpc) is 3.12. The van der Waals surface area contributed by atoms with Crippen molar-refractivity contribution in [1.82, 2.24) is 5.32 Å². The molecule has 6 heteroatoms. The molecule has 0 aromatic rings. The van der Waals surface area contributed by atoms with E-state index in [0.29, 0.717) is 31.1 Å². The minimum atomic E-state index is -0.206. The summed E-state index contributed by atoms with van der Waals surface area (Å²) in [5.41, 5.74) is 0. The van der Waals surface area contributed by atoms with E-state index in [-0.39, 0.29) is 11.9 Å². The molecule has 1 saturated carbocycles. The maximum Gasteiger partial charge on any atom is 0.319 e. The molecule has 1 aliphatic carbocycles. The van der Waals surface area contributed by atoms with Crippen LogP contribution in [0.25, 0.3) is 0 Å². The number of alkyl halides is 1. The zero-order valence-electron chi connectivity index (χ0n) is 10.3. The van der Waals surface area contributed by atoms with Gasteiger partial charge in [0.15, 0.2) is 0 Å². The topological polar surface area (TPSA) is 64.6 Å². The third kappa shape index (κ3) is 11.6. The van der Waals surface area contributed by atoms with Gasteiger partial charge < -0.3 is 14.8 Å². The van der Waals surface area contributed by atoms with Gasteiger partial charge in [0, 0.05) is 6.04 Å². The Bertz CT molecular complexity index is 232. The number of carbonyl (C=O) groups excluding carboxylic acids is 2. The van der Waals surface area contributed by atoms with Crippen molar-refractivity contribution in [2.24, 2.45) is 0 Å². The molecule has 1 N–H and O–H groups in total. The summed E-state index contributed by atoms with van der Waals surface area (Å²) in [5, 5.41) is 3.36. The van der Waals surface area contributed by atoms with Gasteiger partial charge in [0.25, 0.3) is 0 Å². The summed E-state index contributed by atoms with van der Waals surface area (Å²) in [6.45, 7) is 4.91. The Hall–Kier alpha value is -0.620. The molecule has 0 saturated heterocycles. The Kier molecular flexibility index (Phi) is 10.1. The lowest BCUT2D eigenvalue weighted by Crippen LogP contribution is -2.26. The van der Waals surface area contributed by atoms with E-state index < -0.39 is 0 Å². The SMILES string of the molecule is CCOC(=O)CBr.CCOC(=O)CNC1CC1. The quantitative estimate of drug-likeness (QED) is 0.591. The molecule has 1 rings (SSSR count). The molecule has 0 unspecified atom stereocenters. The van der Waals surface area contributed by atoms with Crippen molar-refractivity contribution >= 4 is 27.9 Å². The lowest BCUT2D eigenvalue weighted by molar-refractivity contribution is -0.142. The minimum absolute atomic E-state index is 0.144. The number of hydrogen-bond donors (Lipinski definition) is 1. The van der Waals surface area contributed by atoms with E-state index in [0.717, 1.165) is 0 Å². The van der Waals surface area contributed by atoms with Gasteiger partial charge in [0.1, 0.15) is 5.33 Å². The van der Waals surface area contributed by atoms with Crippen molar-refractivity contribution in [1.29, 1.82) is 0 Å². The van der Waals surface area contributed by atoms with Crippen molar-refractivity contribution in [2.45, 2.75) is 32.7 Å². The number of carbonyl (C=O) groups is 2. The van der Waals surface area contributed by atoms with E-state index in [2.05, 4.69) is 26.0 Å². The van der Waals surface area contributed by atoms with Crippen LogP contribution in [0.1, 0.15) is 26.7 Å². The van der Waals surface area contributed by atoms with E-state index in [1.54, 1.807) is 6.92 Å². The number of esters is 2. The Morgan fingerprint density at radius 1 is 1.18 bits per heavy atom. The maximum absolute atomic E-state index is 10.7. The standard InChI is InChI=1S/C7H13NO2.C4H7BrO2/c1-2-10-7(9)5-8-6-3-4-6;1-2-7-4(6)3-5/h6,8H,2-5H2,1H3;2-3H2,1H3. The highest BCUT2D eigenvalue weighted by atomic mass is 79.9. The van der Waals surface area contributed by atoms with Crippen LogP contribution in [-0.4, -0.2) is 43.1 Å². The molecule has 0 spiro atoms. The highest BCUT2D eigenvalue weighted by molar-refractivity contribution is 9.09. The highest BCUT2D eigenvalue weighted by Gasteiger charge is 2.21. The fourth-order valence-corrected chi connectivity index (χ4v) is 1.09. The summed E-state index contributed by atoms with van der Waals surface area (Å²) >= 11 is 2.94. The summed E-state index contributed by atoms with van der Waals surface area (Å²) in [4.78, 5) is 20.8. The van der Waals surface area contributed by atoms with Crippen molar-refractivity contribution in [3.05, 3.63) is 0 Å². The second kappa shape index (κ2) is 10.5. The van der Waals surface area contributed by atoms with Gasteiger partial charge in [-0.3, -0.25) is 9.59 Å². The molecule has 17 heavy (non-hydrogen) atoms. The third-order valence-electron chi connectivity index (χ3n) is 1.83. The molecule has 0 bridgehead atoms. The average molecular weight is 310 g/mol. The van der Waals surface area contributed by atoms with Crippen LogP contribution in [0.5, 0.6) is 0 Å². The Balaban J connectivity index is 0.000000325. The first-order chi connectivity index (χ1) is 8.13. The van der Waals surface area contributed by atoms with Gasteiger partial charge in [-0.15, -0.1) is 0 Å². The Morgan fingerprint density at radius 3 is 2.06 bits per heavy atom. The summed E-state index contributed by atoms with van der Waals surface area (Å²) in [6.07, 6.45) is 2.42. The van der Waals surface area contributed by atoms with E-state index in [1.165, 1.54) is 12.8 Å². The van der Waals surface area contributed by atoms with Gasteiger partial charge in [-0.1, -0.05) is 15.9 Å². The first-order valence-corrected chi connectivity index (χ1v) is 6.86. The summed E-state index contributed by atoms with van der Waals surface area (Å²) < 4.78 is 9.22. The van der Waals surface area contributed by atoms with E-state index >= 15 is 0 Å². The molecule has 0 aliphatic heterocycles. The molecule has 1 aliphatic rings. The van der Waals surface area contributed by atoms with Crippen molar-refractivity contribution < 1.29 is 19.1 Å². The molecule has 0 aromatic carbocycles. The molecule has 0 atom stereocenters. The van der Waals surface area contributed by atoms with Gasteiger partial charge in [0.2, 0.25) is 0 Å². The molecule has 100 valence electrons. The third-order valence-corrected chi connectivity index (χ3v) is 2.29. The molecular formula is C11H20BrNO4. The first kappa shape index (κ1) is 16.4. The monoisotopic (exact) mass is 309 g/mol. The molecule has 0 radical (unpaired) electrons. The lowest BCUT2D eigenvalue weighted by Gasteiger charge is -2.01.